The van der Waals surface area contributed by atoms with Crippen LogP contribution in [0.1, 0.15) is 35.4 Å². The van der Waals surface area contributed by atoms with Gasteiger partial charge in [-0.2, -0.15) is 5.10 Å². The molecule has 0 saturated heterocycles. The number of pyridine rings is 1. The van der Waals surface area contributed by atoms with Crippen LogP contribution in [0.4, 0.5) is 5.82 Å². The summed E-state index contributed by atoms with van der Waals surface area (Å²) in [7, 11) is 0. The molecule has 1 aliphatic rings. The van der Waals surface area contributed by atoms with Gasteiger partial charge in [-0.25, -0.2) is 19.6 Å². The molecule has 0 aliphatic heterocycles. The second-order valence-corrected chi connectivity index (χ2v) is 9.06. The highest BCUT2D eigenvalue weighted by Gasteiger charge is 2.23. The maximum atomic E-state index is 4.97. The molecule has 7 nitrogen and oxygen atoms in total. The van der Waals surface area contributed by atoms with Crippen molar-refractivity contribution in [3.05, 3.63) is 77.5 Å². The van der Waals surface area contributed by atoms with Crippen molar-refractivity contribution in [1.82, 2.24) is 29.7 Å². The van der Waals surface area contributed by atoms with E-state index < -0.39 is 0 Å². The Kier molecular flexibility index (Phi) is 4.65. The third kappa shape index (κ3) is 3.33. The summed E-state index contributed by atoms with van der Waals surface area (Å²) in [5.41, 5.74) is 4.50. The summed E-state index contributed by atoms with van der Waals surface area (Å²) in [5, 5.41) is 9.06. The van der Waals surface area contributed by atoms with Crippen molar-refractivity contribution in [2.24, 2.45) is 0 Å². The highest BCUT2D eigenvalue weighted by atomic mass is 32.1. The lowest BCUT2D eigenvalue weighted by Gasteiger charge is -2.17. The summed E-state index contributed by atoms with van der Waals surface area (Å²) < 4.78 is 1.75. The SMILES string of the molecule is CC(Nc1nc(-c2cccnc2)nc2sc3c(c12)CCC3)c1ccc(-n2cncn2)cc1. The smallest absolute Gasteiger partial charge is 0.164 e. The zero-order valence-corrected chi connectivity index (χ0v) is 18.4. The molecule has 1 aromatic carbocycles. The molecule has 4 heterocycles. The van der Waals surface area contributed by atoms with E-state index in [0.29, 0.717) is 5.82 Å². The van der Waals surface area contributed by atoms with Gasteiger partial charge in [0, 0.05) is 28.9 Å². The quantitative estimate of drug-likeness (QED) is 0.415. The summed E-state index contributed by atoms with van der Waals surface area (Å²) in [5.74, 6) is 1.61. The maximum absolute atomic E-state index is 4.97. The molecule has 6 rings (SSSR count). The molecule has 158 valence electrons. The summed E-state index contributed by atoms with van der Waals surface area (Å²) in [6.45, 7) is 2.16. The van der Waals surface area contributed by atoms with Gasteiger partial charge in [0.1, 0.15) is 23.3 Å². The molecule has 0 saturated carbocycles. The lowest BCUT2D eigenvalue weighted by atomic mass is 10.1. The Morgan fingerprint density at radius 1 is 1.06 bits per heavy atom. The van der Waals surface area contributed by atoms with E-state index in [1.165, 1.54) is 34.1 Å². The van der Waals surface area contributed by atoms with Gasteiger partial charge in [-0.05, 0) is 61.6 Å². The second-order valence-electron chi connectivity index (χ2n) is 7.97. The average Bonchev–Trinajstić information content (AvgIpc) is 3.57. The molecule has 1 aliphatic carbocycles. The molecular weight excluding hydrogens is 418 g/mol. The van der Waals surface area contributed by atoms with E-state index >= 15 is 0 Å². The van der Waals surface area contributed by atoms with Crippen LogP contribution in [0, 0.1) is 0 Å². The lowest BCUT2D eigenvalue weighted by molar-refractivity contribution is 0.859. The fraction of sp³-hybridized carbons (Fsp3) is 0.208. The summed E-state index contributed by atoms with van der Waals surface area (Å²) in [6, 6.07) is 12.4. The number of anilines is 1. The van der Waals surface area contributed by atoms with Crippen molar-refractivity contribution < 1.29 is 0 Å². The predicted molar refractivity (Wildman–Crippen MR) is 126 cm³/mol. The number of fused-ring (bicyclic) bond motifs is 3. The Hall–Kier alpha value is -3.65. The van der Waals surface area contributed by atoms with E-state index in [1.54, 1.807) is 28.5 Å². The standard InChI is InChI=1S/C24H21N7S/c1-15(16-7-9-18(10-8-16)31-14-26-13-27-31)28-23-21-19-5-2-6-20(19)32-24(21)30-22(29-23)17-4-3-11-25-12-17/h3-4,7-15H,2,5-6H2,1H3,(H,28,29,30). The van der Waals surface area contributed by atoms with Crippen molar-refractivity contribution in [2.45, 2.75) is 32.2 Å². The summed E-state index contributed by atoms with van der Waals surface area (Å²) in [4.78, 5) is 20.6. The molecule has 1 N–H and O–H groups in total. The van der Waals surface area contributed by atoms with E-state index in [4.69, 9.17) is 9.97 Å². The molecule has 1 unspecified atom stereocenters. The highest BCUT2D eigenvalue weighted by molar-refractivity contribution is 7.19. The Labute approximate surface area is 189 Å². The van der Waals surface area contributed by atoms with E-state index in [-0.39, 0.29) is 6.04 Å². The van der Waals surface area contributed by atoms with Crippen molar-refractivity contribution in [3.63, 3.8) is 0 Å². The summed E-state index contributed by atoms with van der Waals surface area (Å²) in [6.07, 6.45) is 10.3. The third-order valence-corrected chi connectivity index (χ3v) is 7.10. The Bertz CT molecular complexity index is 1380. The predicted octanol–water partition coefficient (Wildman–Crippen LogP) is 5.00. The molecule has 0 radical (unpaired) electrons. The van der Waals surface area contributed by atoms with Crippen molar-refractivity contribution in [2.75, 3.05) is 5.32 Å². The number of nitrogens with zero attached hydrogens (tertiary/aromatic N) is 6. The topological polar surface area (TPSA) is 81.4 Å². The molecule has 32 heavy (non-hydrogen) atoms. The number of aromatic nitrogens is 6. The third-order valence-electron chi connectivity index (χ3n) is 5.91. The molecule has 0 fully saturated rings. The van der Waals surface area contributed by atoms with Gasteiger partial charge in [0.15, 0.2) is 5.82 Å². The number of hydrogen-bond donors (Lipinski definition) is 1. The first-order valence-corrected chi connectivity index (χ1v) is 11.5. The Balaban J connectivity index is 1.38. The van der Waals surface area contributed by atoms with Crippen LogP contribution in [0.2, 0.25) is 0 Å². The van der Waals surface area contributed by atoms with Crippen LogP contribution in [-0.2, 0) is 12.8 Å². The largest absolute Gasteiger partial charge is 0.363 e. The van der Waals surface area contributed by atoms with E-state index in [2.05, 4.69) is 51.6 Å². The van der Waals surface area contributed by atoms with Gasteiger partial charge in [0.25, 0.3) is 0 Å². The van der Waals surface area contributed by atoms with Gasteiger partial charge in [-0.15, -0.1) is 11.3 Å². The minimum atomic E-state index is 0.0802. The Morgan fingerprint density at radius 2 is 1.97 bits per heavy atom. The van der Waals surface area contributed by atoms with Crippen LogP contribution >= 0.6 is 11.3 Å². The number of thiophene rings is 1. The van der Waals surface area contributed by atoms with Gasteiger partial charge < -0.3 is 5.32 Å². The molecule has 8 heteroatoms. The number of nitrogens with one attached hydrogen (secondary N) is 1. The van der Waals surface area contributed by atoms with Gasteiger partial charge in [-0.3, -0.25) is 4.98 Å². The lowest BCUT2D eigenvalue weighted by Crippen LogP contribution is -2.10. The zero-order chi connectivity index (χ0) is 21.5. The van der Waals surface area contributed by atoms with Crippen LogP contribution in [0.5, 0.6) is 0 Å². The second kappa shape index (κ2) is 7.80. The average molecular weight is 440 g/mol. The van der Waals surface area contributed by atoms with E-state index in [1.807, 2.05) is 18.3 Å². The van der Waals surface area contributed by atoms with Crippen molar-refractivity contribution >= 4 is 27.4 Å². The summed E-state index contributed by atoms with van der Waals surface area (Å²) >= 11 is 1.81. The van der Waals surface area contributed by atoms with Crippen molar-refractivity contribution in [1.29, 1.82) is 0 Å². The minimum Gasteiger partial charge on any atom is -0.363 e. The van der Waals surface area contributed by atoms with Crippen LogP contribution in [0.25, 0.3) is 27.3 Å². The molecular formula is C24H21N7S. The van der Waals surface area contributed by atoms with Gasteiger partial charge in [0.2, 0.25) is 0 Å². The van der Waals surface area contributed by atoms with E-state index in [9.17, 15) is 0 Å². The van der Waals surface area contributed by atoms with Crippen LogP contribution in [-0.4, -0.2) is 29.7 Å². The van der Waals surface area contributed by atoms with Crippen molar-refractivity contribution in [3.8, 4) is 17.1 Å². The number of aryl methyl sites for hydroxylation is 2. The molecule has 0 bridgehead atoms. The van der Waals surface area contributed by atoms with E-state index in [0.717, 1.165) is 34.7 Å². The molecule has 4 aromatic heterocycles. The first-order chi connectivity index (χ1) is 15.8. The Morgan fingerprint density at radius 3 is 2.75 bits per heavy atom. The van der Waals surface area contributed by atoms with Gasteiger partial charge in [0.05, 0.1) is 11.1 Å². The fourth-order valence-electron chi connectivity index (χ4n) is 4.27. The monoisotopic (exact) mass is 439 g/mol. The van der Waals surface area contributed by atoms with Crippen LogP contribution in [0.15, 0.2) is 61.4 Å². The maximum Gasteiger partial charge on any atom is 0.164 e. The zero-order valence-electron chi connectivity index (χ0n) is 17.6. The van der Waals surface area contributed by atoms with Gasteiger partial charge in [-0.1, -0.05) is 12.1 Å². The normalized spacial score (nSPS) is 13.9. The van der Waals surface area contributed by atoms with Crippen LogP contribution < -0.4 is 5.32 Å². The number of hydrogen-bond acceptors (Lipinski definition) is 7. The molecule has 0 spiro atoms. The highest BCUT2D eigenvalue weighted by Crippen LogP contribution is 2.41. The molecule has 1 atom stereocenters. The first-order valence-electron chi connectivity index (χ1n) is 10.7. The molecule has 5 aromatic rings. The van der Waals surface area contributed by atoms with Gasteiger partial charge >= 0.3 is 0 Å². The fourth-order valence-corrected chi connectivity index (χ4v) is 5.53. The minimum absolute atomic E-state index is 0.0802. The number of rotatable bonds is 5. The number of benzene rings is 1. The van der Waals surface area contributed by atoms with Crippen LogP contribution in [0.3, 0.4) is 0 Å². The molecule has 0 amide bonds. The first kappa shape index (κ1) is 19.1.